The molecular formula is C23H18F3NO4S. The van der Waals surface area contributed by atoms with E-state index in [2.05, 4.69) is 9.72 Å². The molecule has 1 aromatic heterocycles. The SMILES string of the molecule is CO/C=C(/C(=O)OC)c1ccccc1/C=C/c1csc(-c2ccc(OC(F)(F)F)cc2)n1. The molecule has 3 aromatic rings. The number of carbonyl (C=O) groups is 1. The Morgan fingerprint density at radius 2 is 1.75 bits per heavy atom. The van der Waals surface area contributed by atoms with E-state index in [1.54, 1.807) is 24.3 Å². The van der Waals surface area contributed by atoms with Gasteiger partial charge in [0.1, 0.15) is 16.3 Å². The molecule has 0 saturated heterocycles. The van der Waals surface area contributed by atoms with Gasteiger partial charge in [0.2, 0.25) is 0 Å². The van der Waals surface area contributed by atoms with E-state index in [0.717, 1.165) is 5.56 Å². The van der Waals surface area contributed by atoms with Crippen LogP contribution >= 0.6 is 11.3 Å². The standard InChI is InChI=1S/C23H18F3NO4S/c1-29-13-20(22(28)30-2)19-6-4-3-5-15(19)7-10-17-14-32-21(27-17)16-8-11-18(12-9-16)31-23(24,25)26/h3-14H,1-2H3/b10-7+,20-13+. The third-order valence-corrected chi connectivity index (χ3v) is 5.09. The predicted molar refractivity (Wildman–Crippen MR) is 117 cm³/mol. The number of hydrogen-bond donors (Lipinski definition) is 0. The van der Waals surface area contributed by atoms with Crippen LogP contribution in [0.4, 0.5) is 13.2 Å². The number of ether oxygens (including phenoxy) is 3. The summed E-state index contributed by atoms with van der Waals surface area (Å²) in [6.45, 7) is 0. The smallest absolute Gasteiger partial charge is 0.503 e. The van der Waals surface area contributed by atoms with Crippen molar-refractivity contribution in [1.29, 1.82) is 0 Å². The van der Waals surface area contributed by atoms with E-state index in [1.807, 2.05) is 17.5 Å². The highest BCUT2D eigenvalue weighted by Crippen LogP contribution is 2.29. The number of rotatable bonds is 7. The summed E-state index contributed by atoms with van der Waals surface area (Å²) in [5, 5.41) is 2.46. The number of thiazole rings is 1. The second-order valence-electron chi connectivity index (χ2n) is 6.33. The minimum absolute atomic E-state index is 0.274. The molecule has 32 heavy (non-hydrogen) atoms. The molecule has 0 spiro atoms. The molecule has 0 bridgehead atoms. The van der Waals surface area contributed by atoms with Gasteiger partial charge in [0.05, 0.1) is 26.2 Å². The van der Waals surface area contributed by atoms with E-state index in [4.69, 9.17) is 9.47 Å². The molecule has 0 aliphatic rings. The molecule has 0 radical (unpaired) electrons. The van der Waals surface area contributed by atoms with Crippen LogP contribution in [0.5, 0.6) is 5.75 Å². The summed E-state index contributed by atoms with van der Waals surface area (Å²) in [7, 11) is 2.74. The second kappa shape index (κ2) is 10.1. The van der Waals surface area contributed by atoms with Gasteiger partial charge in [-0.3, -0.25) is 0 Å². The zero-order valence-electron chi connectivity index (χ0n) is 17.1. The first-order chi connectivity index (χ1) is 15.3. The van der Waals surface area contributed by atoms with E-state index in [1.165, 1.54) is 56.1 Å². The van der Waals surface area contributed by atoms with Crippen LogP contribution in [-0.2, 0) is 14.3 Å². The molecule has 0 atom stereocenters. The van der Waals surface area contributed by atoms with Gasteiger partial charge in [0, 0.05) is 10.9 Å². The fourth-order valence-electron chi connectivity index (χ4n) is 2.81. The van der Waals surface area contributed by atoms with Gasteiger partial charge in [0.25, 0.3) is 0 Å². The summed E-state index contributed by atoms with van der Waals surface area (Å²) >= 11 is 1.35. The first kappa shape index (κ1) is 23.1. The Morgan fingerprint density at radius 3 is 2.41 bits per heavy atom. The van der Waals surface area contributed by atoms with Crippen LogP contribution in [0.2, 0.25) is 0 Å². The Morgan fingerprint density at radius 1 is 1.03 bits per heavy atom. The predicted octanol–water partition coefficient (Wildman–Crippen LogP) is 6.04. The third kappa shape index (κ3) is 5.98. The van der Waals surface area contributed by atoms with Crippen LogP contribution in [0.15, 0.2) is 60.2 Å². The summed E-state index contributed by atoms with van der Waals surface area (Å²) in [6, 6.07) is 12.8. The van der Waals surface area contributed by atoms with Crippen molar-refractivity contribution in [2.45, 2.75) is 6.36 Å². The quantitative estimate of drug-likeness (QED) is 0.244. The van der Waals surface area contributed by atoms with Gasteiger partial charge in [-0.2, -0.15) is 0 Å². The van der Waals surface area contributed by atoms with E-state index in [9.17, 15) is 18.0 Å². The Hall–Kier alpha value is -3.59. The molecule has 3 rings (SSSR count). The van der Waals surface area contributed by atoms with Crippen molar-refractivity contribution >= 4 is 35.0 Å². The zero-order valence-corrected chi connectivity index (χ0v) is 17.9. The molecule has 0 amide bonds. The molecule has 166 valence electrons. The number of methoxy groups -OCH3 is 2. The number of aromatic nitrogens is 1. The Bertz CT molecular complexity index is 1130. The lowest BCUT2D eigenvalue weighted by molar-refractivity contribution is -0.274. The lowest BCUT2D eigenvalue weighted by Gasteiger charge is -2.08. The number of alkyl halides is 3. The van der Waals surface area contributed by atoms with Crippen molar-refractivity contribution in [3.8, 4) is 16.3 Å². The lowest BCUT2D eigenvalue weighted by Crippen LogP contribution is -2.16. The number of halogens is 3. The van der Waals surface area contributed by atoms with Crippen molar-refractivity contribution in [3.63, 3.8) is 0 Å². The number of hydrogen-bond acceptors (Lipinski definition) is 6. The molecule has 0 unspecified atom stereocenters. The monoisotopic (exact) mass is 461 g/mol. The van der Waals surface area contributed by atoms with Gasteiger partial charge in [-0.15, -0.1) is 24.5 Å². The van der Waals surface area contributed by atoms with Crippen molar-refractivity contribution in [1.82, 2.24) is 4.98 Å². The molecule has 5 nitrogen and oxygen atoms in total. The molecule has 0 fully saturated rings. The highest BCUT2D eigenvalue weighted by Gasteiger charge is 2.31. The highest BCUT2D eigenvalue weighted by atomic mass is 32.1. The van der Waals surface area contributed by atoms with Crippen LogP contribution in [0.3, 0.4) is 0 Å². The van der Waals surface area contributed by atoms with Crippen LogP contribution < -0.4 is 4.74 Å². The first-order valence-corrected chi connectivity index (χ1v) is 10.1. The minimum Gasteiger partial charge on any atom is -0.503 e. The summed E-state index contributed by atoms with van der Waals surface area (Å²) in [5.41, 5.74) is 2.99. The first-order valence-electron chi connectivity index (χ1n) is 9.21. The van der Waals surface area contributed by atoms with E-state index >= 15 is 0 Å². The average Bonchev–Trinajstić information content (AvgIpc) is 3.24. The van der Waals surface area contributed by atoms with E-state index < -0.39 is 12.3 Å². The molecule has 1 heterocycles. The molecule has 9 heteroatoms. The van der Waals surface area contributed by atoms with Crippen LogP contribution in [0.25, 0.3) is 28.3 Å². The number of esters is 1. The van der Waals surface area contributed by atoms with Gasteiger partial charge in [0.15, 0.2) is 0 Å². The van der Waals surface area contributed by atoms with Crippen LogP contribution in [-0.4, -0.2) is 31.5 Å². The van der Waals surface area contributed by atoms with Crippen LogP contribution in [0, 0.1) is 0 Å². The fraction of sp³-hybridized carbons (Fsp3) is 0.130. The topological polar surface area (TPSA) is 57.7 Å². The van der Waals surface area contributed by atoms with Crippen molar-refractivity contribution in [2.75, 3.05) is 14.2 Å². The number of nitrogens with zero attached hydrogens (tertiary/aromatic N) is 1. The van der Waals surface area contributed by atoms with Gasteiger partial charge in [-0.25, -0.2) is 9.78 Å². The van der Waals surface area contributed by atoms with Gasteiger partial charge in [-0.1, -0.05) is 30.3 Å². The summed E-state index contributed by atoms with van der Waals surface area (Å²) in [5.74, 6) is -0.818. The Kier molecular flexibility index (Phi) is 7.32. The summed E-state index contributed by atoms with van der Waals surface area (Å²) < 4.78 is 50.6. The normalized spacial score (nSPS) is 12.1. The number of benzene rings is 2. The van der Waals surface area contributed by atoms with Crippen molar-refractivity contribution < 1.29 is 32.2 Å². The second-order valence-corrected chi connectivity index (χ2v) is 7.19. The maximum atomic E-state index is 12.3. The minimum atomic E-state index is -4.73. The molecule has 0 aliphatic heterocycles. The molecule has 2 aromatic carbocycles. The maximum absolute atomic E-state index is 12.3. The van der Waals surface area contributed by atoms with Gasteiger partial charge >= 0.3 is 12.3 Å². The Labute approximate surface area is 186 Å². The van der Waals surface area contributed by atoms with E-state index in [-0.39, 0.29) is 11.3 Å². The Balaban J connectivity index is 1.81. The summed E-state index contributed by atoms with van der Waals surface area (Å²) in [4.78, 5) is 16.6. The third-order valence-electron chi connectivity index (χ3n) is 4.18. The molecule has 0 aliphatic carbocycles. The van der Waals surface area contributed by atoms with Crippen molar-refractivity contribution in [2.24, 2.45) is 0 Å². The van der Waals surface area contributed by atoms with Crippen LogP contribution in [0.1, 0.15) is 16.8 Å². The average molecular weight is 461 g/mol. The highest BCUT2D eigenvalue weighted by molar-refractivity contribution is 7.13. The van der Waals surface area contributed by atoms with Gasteiger partial charge in [-0.05, 0) is 41.5 Å². The zero-order chi connectivity index (χ0) is 23.1. The van der Waals surface area contributed by atoms with Crippen molar-refractivity contribution in [3.05, 3.63) is 77.0 Å². The summed E-state index contributed by atoms with van der Waals surface area (Å²) in [6.07, 6.45) is 0.178. The molecule has 0 saturated carbocycles. The fourth-order valence-corrected chi connectivity index (χ4v) is 3.60. The molecule has 0 N–H and O–H groups in total. The van der Waals surface area contributed by atoms with Gasteiger partial charge < -0.3 is 14.2 Å². The molecular weight excluding hydrogens is 443 g/mol. The maximum Gasteiger partial charge on any atom is 0.573 e. The number of carbonyl (C=O) groups excluding carboxylic acids is 1. The van der Waals surface area contributed by atoms with E-state index in [0.29, 0.717) is 21.8 Å². The lowest BCUT2D eigenvalue weighted by atomic mass is 10.00. The largest absolute Gasteiger partial charge is 0.573 e.